The summed E-state index contributed by atoms with van der Waals surface area (Å²) in [5, 5.41) is 13.8. The molecule has 0 radical (unpaired) electrons. The molecule has 1 aliphatic heterocycles. The number of nitrogens with zero attached hydrogens (tertiary/aromatic N) is 4. The molecule has 2 N–H and O–H groups in total. The number of halogens is 2. The Labute approximate surface area is 223 Å². The van der Waals surface area contributed by atoms with Gasteiger partial charge < -0.3 is 19.7 Å². The highest BCUT2D eigenvalue weighted by atomic mass is 79.9. The molecule has 4 rings (SSSR count). The van der Waals surface area contributed by atoms with Gasteiger partial charge in [0.25, 0.3) is 5.56 Å². The van der Waals surface area contributed by atoms with E-state index in [1.807, 2.05) is 27.0 Å². The third kappa shape index (κ3) is 5.75. The first-order chi connectivity index (χ1) is 17.3. The Kier molecular flexibility index (Phi) is 7.52. The number of pyridine rings is 2. The fourth-order valence-corrected chi connectivity index (χ4v) is 4.93. The number of rotatable bonds is 6. The average Bonchev–Trinajstić information content (AvgIpc) is 2.81. The van der Waals surface area contributed by atoms with Crippen molar-refractivity contribution < 1.29 is 14.2 Å². The molecule has 3 aromatic heterocycles. The number of aliphatic hydroxyl groups is 1. The molecule has 8 nitrogen and oxygen atoms in total. The zero-order valence-corrected chi connectivity index (χ0v) is 23.4. The van der Waals surface area contributed by atoms with E-state index in [-0.39, 0.29) is 28.7 Å². The smallest absolute Gasteiger partial charge is 0.269 e. The number of nitrogens with one attached hydrogen (secondary N) is 1. The van der Waals surface area contributed by atoms with E-state index in [1.54, 1.807) is 43.7 Å². The number of hydrogen-bond acceptors (Lipinski definition) is 7. The zero-order valence-electron chi connectivity index (χ0n) is 21.8. The number of aromatic nitrogens is 4. The summed E-state index contributed by atoms with van der Waals surface area (Å²) < 4.78 is 21.5. The van der Waals surface area contributed by atoms with Crippen molar-refractivity contribution in [3.63, 3.8) is 0 Å². The van der Waals surface area contributed by atoms with Gasteiger partial charge in [-0.25, -0.2) is 15.0 Å². The predicted molar refractivity (Wildman–Crippen MR) is 142 cm³/mol. The number of allylic oxidation sites excluding steroid dienone is 1. The van der Waals surface area contributed by atoms with Crippen LogP contribution in [0.1, 0.15) is 73.3 Å². The van der Waals surface area contributed by atoms with Gasteiger partial charge in [0, 0.05) is 18.0 Å². The van der Waals surface area contributed by atoms with Gasteiger partial charge in [-0.3, -0.25) is 4.79 Å². The Morgan fingerprint density at radius 2 is 1.95 bits per heavy atom. The Hall–Kier alpha value is -3.11. The Balaban J connectivity index is 1.64. The normalized spacial score (nSPS) is 17.8. The molecule has 10 heteroatoms. The molecule has 37 heavy (non-hydrogen) atoms. The van der Waals surface area contributed by atoms with Crippen molar-refractivity contribution in [3.05, 3.63) is 91.0 Å². The van der Waals surface area contributed by atoms with E-state index < -0.39 is 11.5 Å². The quantitative estimate of drug-likeness (QED) is 0.408. The van der Waals surface area contributed by atoms with Crippen molar-refractivity contribution in [1.29, 1.82) is 0 Å². The third-order valence-electron chi connectivity index (χ3n) is 6.41. The summed E-state index contributed by atoms with van der Waals surface area (Å²) in [4.78, 5) is 26.3. The second kappa shape index (κ2) is 10.3. The summed E-state index contributed by atoms with van der Waals surface area (Å²) in [7, 11) is 0. The average molecular weight is 572 g/mol. The molecule has 0 aromatic carbocycles. The molecule has 0 bridgehead atoms. The van der Waals surface area contributed by atoms with E-state index in [4.69, 9.17) is 4.74 Å². The number of aryl methyl sites for hydroxylation is 3. The molecule has 4 heterocycles. The molecule has 0 unspecified atom stereocenters. The van der Waals surface area contributed by atoms with E-state index in [2.05, 4.69) is 36.2 Å². The second-order valence-corrected chi connectivity index (χ2v) is 10.9. The van der Waals surface area contributed by atoms with Crippen LogP contribution in [0.25, 0.3) is 0 Å². The van der Waals surface area contributed by atoms with Crippen LogP contribution in [0.15, 0.2) is 45.4 Å². The number of ether oxygens (including phenoxy) is 1. The Bertz CT molecular complexity index is 1410. The molecule has 3 aromatic rings. The minimum atomic E-state index is -1.17. The molecule has 196 valence electrons. The lowest BCUT2D eigenvalue weighted by atomic mass is 9.93. The van der Waals surface area contributed by atoms with Crippen LogP contribution < -0.4 is 15.6 Å². The van der Waals surface area contributed by atoms with Crippen LogP contribution in [0.5, 0.6) is 5.75 Å². The molecule has 0 saturated heterocycles. The predicted octanol–water partition coefficient (Wildman–Crippen LogP) is 4.85. The maximum Gasteiger partial charge on any atom is 0.269 e. The lowest BCUT2D eigenvalue weighted by Crippen LogP contribution is -2.35. The minimum absolute atomic E-state index is 0.0327. The van der Waals surface area contributed by atoms with Crippen molar-refractivity contribution in [2.24, 2.45) is 0 Å². The monoisotopic (exact) mass is 571 g/mol. The summed E-state index contributed by atoms with van der Waals surface area (Å²) in [5.41, 5.74) is 3.18. The topological polar surface area (TPSA) is 102 Å². The third-order valence-corrected chi connectivity index (χ3v) is 7.14. The van der Waals surface area contributed by atoms with Gasteiger partial charge in [0.15, 0.2) is 5.82 Å². The van der Waals surface area contributed by atoms with Crippen LogP contribution in [0.2, 0.25) is 0 Å². The van der Waals surface area contributed by atoms with Crippen LogP contribution >= 0.6 is 15.9 Å². The van der Waals surface area contributed by atoms with Crippen LogP contribution in [-0.4, -0.2) is 24.6 Å². The van der Waals surface area contributed by atoms with Gasteiger partial charge in [0.05, 0.1) is 23.5 Å². The van der Waals surface area contributed by atoms with E-state index in [0.29, 0.717) is 23.7 Å². The maximum atomic E-state index is 13.7. The van der Waals surface area contributed by atoms with Crippen LogP contribution in [0.3, 0.4) is 0 Å². The standard InChI is InChI=1S/C27H31BrFN5O3/c1-14-7-18(32-22(29)8-14)13-37-21-9-17(4)34(25(35)23(21)28)20-10-19(30-11-15(20)2)24-16(3)12-31-26(33-24)27(5,6)36/h7-9,11-12,19-20,30,36H,10,13H2,1-6H3/t19-,20-/m1/s1. The Morgan fingerprint density at radius 3 is 2.62 bits per heavy atom. The lowest BCUT2D eigenvalue weighted by Gasteiger charge is -2.33. The first-order valence-corrected chi connectivity index (χ1v) is 12.8. The van der Waals surface area contributed by atoms with E-state index in [9.17, 15) is 14.3 Å². The largest absolute Gasteiger partial charge is 0.486 e. The summed E-state index contributed by atoms with van der Waals surface area (Å²) in [6, 6.07) is 4.48. The summed E-state index contributed by atoms with van der Waals surface area (Å²) in [6.45, 7) is 10.9. The van der Waals surface area contributed by atoms with Gasteiger partial charge >= 0.3 is 0 Å². The fourth-order valence-electron chi connectivity index (χ4n) is 4.51. The molecule has 0 saturated carbocycles. The van der Waals surface area contributed by atoms with Crippen LogP contribution in [0.4, 0.5) is 4.39 Å². The fraction of sp³-hybridized carbons (Fsp3) is 0.407. The van der Waals surface area contributed by atoms with Gasteiger partial charge in [-0.2, -0.15) is 4.39 Å². The highest BCUT2D eigenvalue weighted by Crippen LogP contribution is 2.35. The van der Waals surface area contributed by atoms with Crippen molar-refractivity contribution in [2.75, 3.05) is 0 Å². The molecule has 2 atom stereocenters. The molecular weight excluding hydrogens is 541 g/mol. The second-order valence-electron chi connectivity index (χ2n) is 10.1. The first kappa shape index (κ1) is 26.9. The lowest BCUT2D eigenvalue weighted by molar-refractivity contribution is 0.0682. The Morgan fingerprint density at radius 1 is 1.22 bits per heavy atom. The van der Waals surface area contributed by atoms with E-state index in [1.165, 1.54) is 6.07 Å². The first-order valence-electron chi connectivity index (χ1n) is 12.0. The van der Waals surface area contributed by atoms with Crippen LogP contribution in [0, 0.1) is 26.7 Å². The SMILES string of the molecule is CC1=CN[C@@H](c2nc(C(C)(C)O)ncc2C)C[C@H]1n1c(C)cc(OCc2cc(C)cc(F)n2)c(Br)c1=O. The van der Waals surface area contributed by atoms with Gasteiger partial charge in [-0.15, -0.1) is 0 Å². The van der Waals surface area contributed by atoms with Crippen molar-refractivity contribution in [2.45, 2.75) is 72.3 Å². The van der Waals surface area contributed by atoms with Crippen molar-refractivity contribution in [1.82, 2.24) is 24.8 Å². The summed E-state index contributed by atoms with van der Waals surface area (Å²) in [5.74, 6) is 0.148. The molecule has 1 aliphatic rings. The molecule has 0 spiro atoms. The van der Waals surface area contributed by atoms with Gasteiger partial charge in [0.2, 0.25) is 5.95 Å². The molecule has 0 amide bonds. The highest BCUT2D eigenvalue weighted by molar-refractivity contribution is 9.10. The van der Waals surface area contributed by atoms with Gasteiger partial charge in [0.1, 0.15) is 22.4 Å². The van der Waals surface area contributed by atoms with E-state index in [0.717, 1.165) is 28.1 Å². The van der Waals surface area contributed by atoms with Gasteiger partial charge in [-0.1, -0.05) is 0 Å². The maximum absolute atomic E-state index is 13.7. The zero-order chi connectivity index (χ0) is 27.1. The van der Waals surface area contributed by atoms with Gasteiger partial charge in [-0.05, 0) is 98.9 Å². The van der Waals surface area contributed by atoms with E-state index >= 15 is 0 Å². The van der Waals surface area contributed by atoms with Crippen LogP contribution in [-0.2, 0) is 12.2 Å². The summed E-state index contributed by atoms with van der Waals surface area (Å²) in [6.07, 6.45) is 4.20. The number of hydrogen-bond donors (Lipinski definition) is 2. The summed E-state index contributed by atoms with van der Waals surface area (Å²) >= 11 is 3.42. The minimum Gasteiger partial charge on any atom is -0.486 e. The van der Waals surface area contributed by atoms with Crippen molar-refractivity contribution in [3.8, 4) is 5.75 Å². The molecular formula is C27H31BrFN5O3. The molecule has 0 fully saturated rings. The van der Waals surface area contributed by atoms with Crippen molar-refractivity contribution >= 4 is 15.9 Å². The molecule has 0 aliphatic carbocycles. The highest BCUT2D eigenvalue weighted by Gasteiger charge is 2.30.